The normalized spacial score (nSPS) is 16.9. The lowest BCUT2D eigenvalue weighted by molar-refractivity contribution is 0.414. The van der Waals surface area contributed by atoms with Crippen molar-refractivity contribution >= 4 is 0 Å². The molecule has 2 rings (SSSR count). The van der Waals surface area contributed by atoms with Gasteiger partial charge in [0.15, 0.2) is 0 Å². The lowest BCUT2D eigenvalue weighted by atomic mass is 9.93. The summed E-state index contributed by atoms with van der Waals surface area (Å²) in [5, 5.41) is 3.57. The largest absolute Gasteiger partial charge is 0.497 e. The molecule has 1 atom stereocenters. The topological polar surface area (TPSA) is 21.3 Å². The fourth-order valence-corrected chi connectivity index (χ4v) is 2.28. The van der Waals surface area contributed by atoms with E-state index >= 15 is 0 Å². The first kappa shape index (κ1) is 12.4. The van der Waals surface area contributed by atoms with Crippen LogP contribution >= 0.6 is 0 Å². The highest BCUT2D eigenvalue weighted by Crippen LogP contribution is 2.26. The number of benzene rings is 1. The number of aryl methyl sites for hydroxylation is 1. The first-order valence-corrected chi connectivity index (χ1v) is 6.58. The average molecular weight is 233 g/mol. The van der Waals surface area contributed by atoms with Gasteiger partial charge in [-0.3, -0.25) is 0 Å². The Bertz CT molecular complexity index is 371. The van der Waals surface area contributed by atoms with E-state index in [1.165, 1.54) is 30.4 Å². The summed E-state index contributed by atoms with van der Waals surface area (Å²) in [5.74, 6) is 1.57. The van der Waals surface area contributed by atoms with E-state index < -0.39 is 0 Å². The summed E-state index contributed by atoms with van der Waals surface area (Å²) in [5.41, 5.74) is 2.78. The maximum atomic E-state index is 5.24. The number of hydrogen-bond acceptors (Lipinski definition) is 2. The number of hydrogen-bond donors (Lipinski definition) is 1. The molecule has 17 heavy (non-hydrogen) atoms. The van der Waals surface area contributed by atoms with Gasteiger partial charge in [-0.1, -0.05) is 13.0 Å². The van der Waals surface area contributed by atoms with Crippen molar-refractivity contribution in [3.8, 4) is 5.75 Å². The molecule has 0 aromatic heterocycles. The Morgan fingerprint density at radius 1 is 1.41 bits per heavy atom. The Balaban J connectivity index is 1.90. The molecule has 0 amide bonds. The van der Waals surface area contributed by atoms with Crippen LogP contribution in [0, 0.1) is 6.92 Å². The van der Waals surface area contributed by atoms with Crippen LogP contribution in [-0.4, -0.2) is 19.7 Å². The molecule has 1 unspecified atom stereocenters. The second-order valence-electron chi connectivity index (χ2n) is 5.14. The molecule has 1 fully saturated rings. The molecule has 0 aliphatic heterocycles. The molecule has 0 saturated heterocycles. The number of methoxy groups -OCH3 is 1. The minimum atomic E-state index is 0.618. The van der Waals surface area contributed by atoms with Gasteiger partial charge in [-0.05, 0) is 61.9 Å². The molecule has 1 aromatic carbocycles. The van der Waals surface area contributed by atoms with E-state index in [0.29, 0.717) is 5.92 Å². The van der Waals surface area contributed by atoms with Gasteiger partial charge in [-0.2, -0.15) is 0 Å². The van der Waals surface area contributed by atoms with E-state index in [4.69, 9.17) is 4.74 Å². The fraction of sp³-hybridized carbons (Fsp3) is 0.600. The zero-order chi connectivity index (χ0) is 12.3. The van der Waals surface area contributed by atoms with Crippen LogP contribution in [0.25, 0.3) is 0 Å². The van der Waals surface area contributed by atoms with Gasteiger partial charge in [0.25, 0.3) is 0 Å². The molecule has 0 spiro atoms. The SMILES string of the molecule is COc1ccc(C(C)CCNC2CC2)c(C)c1. The Hall–Kier alpha value is -1.02. The third kappa shape index (κ3) is 3.47. The van der Waals surface area contributed by atoms with E-state index in [2.05, 4.69) is 37.4 Å². The molecule has 1 aliphatic carbocycles. The fourth-order valence-electron chi connectivity index (χ4n) is 2.28. The Morgan fingerprint density at radius 2 is 2.18 bits per heavy atom. The second kappa shape index (κ2) is 5.54. The molecule has 1 aromatic rings. The van der Waals surface area contributed by atoms with E-state index in [9.17, 15) is 0 Å². The van der Waals surface area contributed by atoms with Crippen LogP contribution in [0.2, 0.25) is 0 Å². The van der Waals surface area contributed by atoms with Crippen molar-refractivity contribution in [1.82, 2.24) is 5.32 Å². The van der Waals surface area contributed by atoms with Gasteiger partial charge >= 0.3 is 0 Å². The van der Waals surface area contributed by atoms with Crippen LogP contribution in [0.15, 0.2) is 18.2 Å². The van der Waals surface area contributed by atoms with Crippen molar-refractivity contribution < 1.29 is 4.74 Å². The van der Waals surface area contributed by atoms with Gasteiger partial charge in [0.1, 0.15) is 5.75 Å². The molecule has 0 heterocycles. The highest BCUT2D eigenvalue weighted by molar-refractivity contribution is 5.36. The van der Waals surface area contributed by atoms with Gasteiger partial charge in [0.05, 0.1) is 7.11 Å². The van der Waals surface area contributed by atoms with E-state index in [1.54, 1.807) is 7.11 Å². The van der Waals surface area contributed by atoms with Crippen molar-refractivity contribution in [2.75, 3.05) is 13.7 Å². The molecule has 1 N–H and O–H groups in total. The van der Waals surface area contributed by atoms with Gasteiger partial charge < -0.3 is 10.1 Å². The smallest absolute Gasteiger partial charge is 0.119 e. The molecule has 0 radical (unpaired) electrons. The van der Waals surface area contributed by atoms with Crippen molar-refractivity contribution in [2.45, 2.75) is 45.1 Å². The minimum Gasteiger partial charge on any atom is -0.497 e. The molecular formula is C15H23NO. The number of rotatable bonds is 6. The molecule has 94 valence electrons. The van der Waals surface area contributed by atoms with Crippen LogP contribution < -0.4 is 10.1 Å². The van der Waals surface area contributed by atoms with Crippen molar-refractivity contribution in [3.05, 3.63) is 29.3 Å². The van der Waals surface area contributed by atoms with Crippen LogP contribution in [0.1, 0.15) is 43.2 Å². The predicted octanol–water partition coefficient (Wildman–Crippen LogP) is 3.25. The van der Waals surface area contributed by atoms with Crippen LogP contribution in [0.3, 0.4) is 0 Å². The highest BCUT2D eigenvalue weighted by atomic mass is 16.5. The van der Waals surface area contributed by atoms with Crippen molar-refractivity contribution in [2.24, 2.45) is 0 Å². The minimum absolute atomic E-state index is 0.618. The lowest BCUT2D eigenvalue weighted by Crippen LogP contribution is -2.19. The van der Waals surface area contributed by atoms with Crippen LogP contribution in [-0.2, 0) is 0 Å². The summed E-state index contributed by atoms with van der Waals surface area (Å²) < 4.78 is 5.24. The summed E-state index contributed by atoms with van der Waals surface area (Å²) in [4.78, 5) is 0. The maximum absolute atomic E-state index is 5.24. The summed E-state index contributed by atoms with van der Waals surface area (Å²) >= 11 is 0. The zero-order valence-electron chi connectivity index (χ0n) is 11.1. The van der Waals surface area contributed by atoms with Crippen LogP contribution in [0.5, 0.6) is 5.75 Å². The Morgan fingerprint density at radius 3 is 2.76 bits per heavy atom. The molecular weight excluding hydrogens is 210 g/mol. The van der Waals surface area contributed by atoms with Crippen molar-refractivity contribution in [3.63, 3.8) is 0 Å². The summed E-state index contributed by atoms with van der Waals surface area (Å²) in [6, 6.07) is 7.21. The summed E-state index contributed by atoms with van der Waals surface area (Å²) in [7, 11) is 1.72. The highest BCUT2D eigenvalue weighted by Gasteiger charge is 2.20. The predicted molar refractivity (Wildman–Crippen MR) is 71.8 cm³/mol. The van der Waals surface area contributed by atoms with Gasteiger partial charge in [0.2, 0.25) is 0 Å². The first-order chi connectivity index (χ1) is 8.20. The monoisotopic (exact) mass is 233 g/mol. The Labute approximate surface area is 104 Å². The first-order valence-electron chi connectivity index (χ1n) is 6.58. The van der Waals surface area contributed by atoms with Crippen molar-refractivity contribution in [1.29, 1.82) is 0 Å². The van der Waals surface area contributed by atoms with Gasteiger partial charge in [0, 0.05) is 6.04 Å². The molecule has 2 nitrogen and oxygen atoms in total. The van der Waals surface area contributed by atoms with E-state index in [0.717, 1.165) is 18.3 Å². The molecule has 1 saturated carbocycles. The maximum Gasteiger partial charge on any atom is 0.119 e. The number of nitrogens with one attached hydrogen (secondary N) is 1. The van der Waals surface area contributed by atoms with Gasteiger partial charge in [-0.15, -0.1) is 0 Å². The zero-order valence-corrected chi connectivity index (χ0v) is 11.1. The summed E-state index contributed by atoms with van der Waals surface area (Å²) in [6.45, 7) is 5.61. The molecule has 2 heteroatoms. The van der Waals surface area contributed by atoms with Crippen LogP contribution in [0.4, 0.5) is 0 Å². The molecule has 0 bridgehead atoms. The molecule has 1 aliphatic rings. The lowest BCUT2D eigenvalue weighted by Gasteiger charge is -2.15. The van der Waals surface area contributed by atoms with Gasteiger partial charge in [-0.25, -0.2) is 0 Å². The second-order valence-corrected chi connectivity index (χ2v) is 5.14. The van der Waals surface area contributed by atoms with E-state index in [-0.39, 0.29) is 0 Å². The standard InChI is InChI=1S/C15H23NO/c1-11(8-9-16-13-4-5-13)15-7-6-14(17-3)10-12(15)2/h6-7,10-11,13,16H,4-5,8-9H2,1-3H3. The quantitative estimate of drug-likeness (QED) is 0.814. The Kier molecular flexibility index (Phi) is 4.06. The number of ether oxygens (including phenoxy) is 1. The average Bonchev–Trinajstić information content (AvgIpc) is 3.12. The third-order valence-corrected chi connectivity index (χ3v) is 3.60. The third-order valence-electron chi connectivity index (χ3n) is 3.60. The van der Waals surface area contributed by atoms with E-state index in [1.807, 2.05) is 0 Å². The summed E-state index contributed by atoms with van der Waals surface area (Å²) in [6.07, 6.45) is 3.95.